The molecule has 0 aliphatic rings. The van der Waals surface area contributed by atoms with Gasteiger partial charge in [-0.05, 0) is 12.8 Å². The first kappa shape index (κ1) is 15.8. The van der Waals surface area contributed by atoms with E-state index in [4.69, 9.17) is 20.1 Å². The number of unbranched alkanes of at least 4 members (excludes halogenated alkanes) is 5. The summed E-state index contributed by atoms with van der Waals surface area (Å²) in [7, 11) is 0. The van der Waals surface area contributed by atoms with Gasteiger partial charge in [-0.2, -0.15) is 0 Å². The zero-order chi connectivity index (χ0) is 11.2. The molecule has 0 bridgehead atoms. The number of aliphatic carboxylic acids is 1. The molecule has 0 spiro atoms. The summed E-state index contributed by atoms with van der Waals surface area (Å²) in [4.78, 5) is 9.00. The van der Waals surface area contributed by atoms with Crippen molar-refractivity contribution in [2.45, 2.75) is 45.4 Å². The largest absolute Gasteiger partial charge is 0.481 e. The molecule has 0 fully saturated rings. The van der Waals surface area contributed by atoms with Crippen molar-refractivity contribution in [3.8, 4) is 0 Å². The molecule has 0 aromatic carbocycles. The monoisotopic (exact) mass is 206 g/mol. The summed E-state index contributed by atoms with van der Waals surface area (Å²) in [5.41, 5.74) is 0. The van der Waals surface area contributed by atoms with Gasteiger partial charge >= 0.3 is 0 Å². The fraction of sp³-hybridized carbons (Fsp3) is 0.900. The average molecular weight is 206 g/mol. The van der Waals surface area contributed by atoms with Crippen LogP contribution in [0, 0.1) is 0 Å². The van der Waals surface area contributed by atoms with Crippen LogP contribution in [0.1, 0.15) is 45.4 Å². The Bertz CT molecular complexity index is 103. The lowest BCUT2D eigenvalue weighted by atomic mass is 10.1. The van der Waals surface area contributed by atoms with Crippen LogP contribution in [0.5, 0.6) is 0 Å². The summed E-state index contributed by atoms with van der Waals surface area (Å²) in [6.07, 6.45) is 6.50. The molecular formula is C10H22O4. The summed E-state index contributed by atoms with van der Waals surface area (Å²) in [6, 6.07) is 0. The normalized spacial score (nSPS) is 9.07. The molecule has 0 aliphatic heterocycles. The number of carboxylic acids is 1. The molecular weight excluding hydrogens is 184 g/mol. The van der Waals surface area contributed by atoms with Crippen molar-refractivity contribution in [3.05, 3.63) is 0 Å². The fourth-order valence-corrected chi connectivity index (χ4v) is 0.931. The van der Waals surface area contributed by atoms with Gasteiger partial charge < -0.3 is 15.3 Å². The van der Waals surface area contributed by atoms with Crippen LogP contribution in [0.4, 0.5) is 0 Å². The van der Waals surface area contributed by atoms with E-state index in [0.29, 0.717) is 13.2 Å². The molecule has 3 N–H and O–H groups in total. The molecule has 0 saturated heterocycles. The molecule has 86 valence electrons. The van der Waals surface area contributed by atoms with E-state index in [2.05, 4.69) is 0 Å². The molecule has 0 heterocycles. The van der Waals surface area contributed by atoms with Crippen LogP contribution in [0.3, 0.4) is 0 Å². The Balaban J connectivity index is 0. The summed E-state index contributed by atoms with van der Waals surface area (Å²) in [5.74, 6) is -0.833. The van der Waals surface area contributed by atoms with Gasteiger partial charge in [-0.3, -0.25) is 4.79 Å². The minimum absolute atomic E-state index is 0.319. The molecule has 0 atom stereocenters. The maximum atomic E-state index is 9.00. The van der Waals surface area contributed by atoms with Crippen LogP contribution in [-0.4, -0.2) is 34.5 Å². The Labute approximate surface area is 85.6 Å². The van der Waals surface area contributed by atoms with E-state index in [1.165, 1.54) is 12.8 Å². The van der Waals surface area contributed by atoms with Crippen LogP contribution in [-0.2, 0) is 4.79 Å². The first-order valence-corrected chi connectivity index (χ1v) is 5.06. The van der Waals surface area contributed by atoms with Crippen molar-refractivity contribution in [2.24, 2.45) is 0 Å². The number of carboxylic acid groups (broad SMARTS) is 1. The second-order valence-corrected chi connectivity index (χ2v) is 3.09. The second-order valence-electron chi connectivity index (χ2n) is 3.09. The maximum Gasteiger partial charge on any atom is 0.300 e. The van der Waals surface area contributed by atoms with Gasteiger partial charge in [0.05, 0.1) is 0 Å². The number of rotatable bonds is 7. The minimum Gasteiger partial charge on any atom is -0.481 e. The van der Waals surface area contributed by atoms with Gasteiger partial charge in [0.1, 0.15) is 0 Å². The number of aliphatic hydroxyl groups is 2. The number of hydrogen-bond donors (Lipinski definition) is 3. The predicted octanol–water partition coefficient (Wildman–Crippen LogP) is 1.40. The minimum atomic E-state index is -0.833. The van der Waals surface area contributed by atoms with E-state index >= 15 is 0 Å². The van der Waals surface area contributed by atoms with Crippen LogP contribution >= 0.6 is 0 Å². The molecule has 0 aromatic heterocycles. The quantitative estimate of drug-likeness (QED) is 0.550. The van der Waals surface area contributed by atoms with Crippen LogP contribution < -0.4 is 0 Å². The molecule has 0 aliphatic carbocycles. The van der Waals surface area contributed by atoms with Gasteiger partial charge in [0.15, 0.2) is 0 Å². The zero-order valence-electron chi connectivity index (χ0n) is 8.91. The Morgan fingerprint density at radius 1 is 0.857 bits per heavy atom. The lowest BCUT2D eigenvalue weighted by molar-refractivity contribution is -0.134. The number of carbonyl (C=O) groups is 1. The van der Waals surface area contributed by atoms with Crippen LogP contribution in [0.15, 0.2) is 0 Å². The van der Waals surface area contributed by atoms with E-state index in [0.717, 1.165) is 32.6 Å². The average Bonchev–Trinajstić information content (AvgIpc) is 2.10. The third-order valence-corrected chi connectivity index (χ3v) is 1.57. The van der Waals surface area contributed by atoms with Crippen LogP contribution in [0.2, 0.25) is 0 Å². The molecule has 14 heavy (non-hydrogen) atoms. The third kappa shape index (κ3) is 30.1. The lowest BCUT2D eigenvalue weighted by Gasteiger charge is -1.97. The standard InChI is InChI=1S/C8H18O2.C2H4O2/c9-7-5-3-1-2-4-6-8-10;1-2(3)4/h9-10H,1-8H2;1H3,(H,3,4). The second kappa shape index (κ2) is 14.9. The number of aliphatic hydroxyl groups excluding tert-OH is 2. The molecule has 0 saturated carbocycles. The Morgan fingerprint density at radius 3 is 1.29 bits per heavy atom. The van der Waals surface area contributed by atoms with Gasteiger partial charge in [-0.1, -0.05) is 25.7 Å². The first-order chi connectivity index (χ1) is 6.65. The highest BCUT2D eigenvalue weighted by molar-refractivity contribution is 5.62. The Morgan fingerprint density at radius 2 is 1.07 bits per heavy atom. The van der Waals surface area contributed by atoms with E-state index in [1.54, 1.807) is 0 Å². The molecule has 0 rings (SSSR count). The van der Waals surface area contributed by atoms with E-state index < -0.39 is 5.97 Å². The Hall–Kier alpha value is -0.610. The molecule has 0 unspecified atom stereocenters. The van der Waals surface area contributed by atoms with Crippen molar-refractivity contribution < 1.29 is 20.1 Å². The topological polar surface area (TPSA) is 77.8 Å². The molecule has 0 aromatic rings. The van der Waals surface area contributed by atoms with Crippen LogP contribution in [0.25, 0.3) is 0 Å². The van der Waals surface area contributed by atoms with E-state index in [1.807, 2.05) is 0 Å². The molecule has 0 amide bonds. The molecule has 4 heteroatoms. The van der Waals surface area contributed by atoms with Crippen molar-refractivity contribution in [3.63, 3.8) is 0 Å². The summed E-state index contributed by atoms with van der Waals surface area (Å²) >= 11 is 0. The van der Waals surface area contributed by atoms with Crippen molar-refractivity contribution in [1.82, 2.24) is 0 Å². The summed E-state index contributed by atoms with van der Waals surface area (Å²) in [5, 5.41) is 24.3. The predicted molar refractivity (Wildman–Crippen MR) is 55.2 cm³/mol. The smallest absolute Gasteiger partial charge is 0.300 e. The highest BCUT2D eigenvalue weighted by Gasteiger charge is 1.88. The summed E-state index contributed by atoms with van der Waals surface area (Å²) < 4.78 is 0. The molecule has 4 nitrogen and oxygen atoms in total. The third-order valence-electron chi connectivity index (χ3n) is 1.57. The maximum absolute atomic E-state index is 9.00. The zero-order valence-corrected chi connectivity index (χ0v) is 8.91. The van der Waals surface area contributed by atoms with E-state index in [-0.39, 0.29) is 0 Å². The van der Waals surface area contributed by atoms with Crippen molar-refractivity contribution in [2.75, 3.05) is 13.2 Å². The highest BCUT2D eigenvalue weighted by atomic mass is 16.4. The first-order valence-electron chi connectivity index (χ1n) is 5.06. The van der Waals surface area contributed by atoms with Gasteiger partial charge in [0.25, 0.3) is 5.97 Å². The SMILES string of the molecule is CC(=O)O.OCCCCCCCCO. The Kier molecular flexibility index (Phi) is 16.9. The highest BCUT2D eigenvalue weighted by Crippen LogP contribution is 2.03. The van der Waals surface area contributed by atoms with Gasteiger partial charge in [-0.25, -0.2) is 0 Å². The number of hydrogen-bond acceptors (Lipinski definition) is 3. The van der Waals surface area contributed by atoms with Crippen molar-refractivity contribution in [1.29, 1.82) is 0 Å². The molecule has 0 radical (unpaired) electrons. The van der Waals surface area contributed by atoms with Gasteiger partial charge in [0, 0.05) is 20.1 Å². The fourth-order valence-electron chi connectivity index (χ4n) is 0.931. The van der Waals surface area contributed by atoms with Crippen molar-refractivity contribution >= 4 is 5.97 Å². The summed E-state index contributed by atoms with van der Waals surface area (Å²) in [6.45, 7) is 1.72. The van der Waals surface area contributed by atoms with Gasteiger partial charge in [-0.15, -0.1) is 0 Å². The van der Waals surface area contributed by atoms with Gasteiger partial charge in [0.2, 0.25) is 0 Å². The van der Waals surface area contributed by atoms with E-state index in [9.17, 15) is 0 Å². The lowest BCUT2D eigenvalue weighted by Crippen LogP contribution is -1.85.